The van der Waals surface area contributed by atoms with Crippen molar-refractivity contribution in [2.24, 2.45) is 0 Å². The van der Waals surface area contributed by atoms with E-state index in [-0.39, 0.29) is 12.5 Å². The third-order valence-electron chi connectivity index (χ3n) is 2.89. The van der Waals surface area contributed by atoms with Gasteiger partial charge in [-0.15, -0.1) is 0 Å². The summed E-state index contributed by atoms with van der Waals surface area (Å²) in [7, 11) is 0. The molecule has 0 spiro atoms. The molecule has 1 amide bonds. The van der Waals surface area contributed by atoms with Crippen molar-refractivity contribution < 1.29 is 19.2 Å². The zero-order valence-corrected chi connectivity index (χ0v) is 10.0. The lowest BCUT2D eigenvalue weighted by Gasteiger charge is -2.19. The summed E-state index contributed by atoms with van der Waals surface area (Å²) < 4.78 is 4.82. The molecule has 7 nitrogen and oxygen atoms in total. The molecule has 0 radical (unpaired) electrons. The van der Waals surface area contributed by atoms with Gasteiger partial charge in [0.05, 0.1) is 6.54 Å². The molecule has 0 bridgehead atoms. The number of likely N-dealkylation sites (tertiary alicyclic amines) is 1. The van der Waals surface area contributed by atoms with Crippen molar-refractivity contribution in [3.05, 3.63) is 11.8 Å². The van der Waals surface area contributed by atoms with Gasteiger partial charge < -0.3 is 14.9 Å². The number of nitrogens with one attached hydrogen (secondary N) is 1. The highest BCUT2D eigenvalue weighted by Gasteiger charge is 2.31. The molecule has 1 unspecified atom stereocenters. The summed E-state index contributed by atoms with van der Waals surface area (Å²) in [6.45, 7) is 2.41. The predicted octanol–water partition coefficient (Wildman–Crippen LogP) is 0.471. The quantitative estimate of drug-likeness (QED) is 0.809. The molecular weight excluding hydrogens is 238 g/mol. The van der Waals surface area contributed by atoms with E-state index in [2.05, 4.69) is 10.5 Å². The fourth-order valence-corrected chi connectivity index (χ4v) is 2.09. The fraction of sp³-hybridized carbons (Fsp3) is 0.545. The minimum Gasteiger partial charge on any atom is -0.480 e. The standard InChI is InChI=1S/C11H15N3O4/c1-7-5-9(13-18-7)12-10(15)6-14-4-2-3-8(14)11(16)17/h5,8H,2-4,6H2,1H3,(H,16,17)(H,12,13,15). The van der Waals surface area contributed by atoms with Crippen LogP contribution in [0.4, 0.5) is 5.82 Å². The van der Waals surface area contributed by atoms with E-state index in [4.69, 9.17) is 9.63 Å². The summed E-state index contributed by atoms with van der Waals surface area (Å²) in [5.41, 5.74) is 0. The first-order valence-corrected chi connectivity index (χ1v) is 5.76. The van der Waals surface area contributed by atoms with Crippen molar-refractivity contribution in [2.45, 2.75) is 25.8 Å². The second-order valence-corrected chi connectivity index (χ2v) is 4.34. The number of aryl methyl sites for hydroxylation is 1. The number of carboxylic acid groups (broad SMARTS) is 1. The smallest absolute Gasteiger partial charge is 0.320 e. The summed E-state index contributed by atoms with van der Waals surface area (Å²) in [5.74, 6) is -0.201. The van der Waals surface area contributed by atoms with Gasteiger partial charge in [0.15, 0.2) is 5.82 Å². The number of rotatable bonds is 4. The molecule has 1 atom stereocenters. The molecule has 1 aliphatic heterocycles. The Morgan fingerprint density at radius 3 is 3.06 bits per heavy atom. The summed E-state index contributed by atoms with van der Waals surface area (Å²) in [6.07, 6.45) is 1.39. The second-order valence-electron chi connectivity index (χ2n) is 4.34. The maximum absolute atomic E-state index is 11.7. The predicted molar refractivity (Wildman–Crippen MR) is 62.1 cm³/mol. The van der Waals surface area contributed by atoms with Gasteiger partial charge in [0.1, 0.15) is 11.8 Å². The van der Waals surface area contributed by atoms with Gasteiger partial charge in [-0.25, -0.2) is 0 Å². The Morgan fingerprint density at radius 1 is 1.67 bits per heavy atom. The fourth-order valence-electron chi connectivity index (χ4n) is 2.09. The molecule has 1 fully saturated rings. The average Bonchev–Trinajstić information content (AvgIpc) is 2.87. The minimum atomic E-state index is -0.877. The molecule has 18 heavy (non-hydrogen) atoms. The number of carboxylic acids is 1. The van der Waals surface area contributed by atoms with Crippen LogP contribution in [0.3, 0.4) is 0 Å². The molecule has 7 heteroatoms. The van der Waals surface area contributed by atoms with Gasteiger partial charge in [0.25, 0.3) is 0 Å². The van der Waals surface area contributed by atoms with Crippen LogP contribution in [0.15, 0.2) is 10.6 Å². The molecule has 1 saturated heterocycles. The van der Waals surface area contributed by atoms with Gasteiger partial charge in [-0.3, -0.25) is 14.5 Å². The van der Waals surface area contributed by atoms with Crippen LogP contribution in [0.2, 0.25) is 0 Å². The van der Waals surface area contributed by atoms with Gasteiger partial charge in [0, 0.05) is 6.07 Å². The Kier molecular flexibility index (Phi) is 3.61. The largest absolute Gasteiger partial charge is 0.480 e. The lowest BCUT2D eigenvalue weighted by Crippen LogP contribution is -2.40. The lowest BCUT2D eigenvalue weighted by molar-refractivity contribution is -0.142. The van der Waals surface area contributed by atoms with E-state index in [0.29, 0.717) is 24.5 Å². The number of amides is 1. The summed E-state index contributed by atoms with van der Waals surface area (Å²) in [6, 6.07) is 1.05. The number of aliphatic carboxylic acids is 1. The molecule has 98 valence electrons. The molecule has 2 heterocycles. The molecular formula is C11H15N3O4. The topological polar surface area (TPSA) is 95.7 Å². The van der Waals surface area contributed by atoms with Crippen molar-refractivity contribution in [3.8, 4) is 0 Å². The van der Waals surface area contributed by atoms with Crippen LogP contribution in [0.5, 0.6) is 0 Å². The number of aromatic nitrogens is 1. The summed E-state index contributed by atoms with van der Waals surface area (Å²) in [5, 5.41) is 15.2. The van der Waals surface area contributed by atoms with Crippen molar-refractivity contribution in [3.63, 3.8) is 0 Å². The van der Waals surface area contributed by atoms with Crippen LogP contribution >= 0.6 is 0 Å². The number of nitrogens with zero attached hydrogens (tertiary/aromatic N) is 2. The monoisotopic (exact) mass is 253 g/mol. The van der Waals surface area contributed by atoms with Gasteiger partial charge in [0.2, 0.25) is 5.91 Å². The molecule has 2 N–H and O–H groups in total. The Morgan fingerprint density at radius 2 is 2.44 bits per heavy atom. The molecule has 1 aromatic rings. The van der Waals surface area contributed by atoms with Crippen LogP contribution in [-0.2, 0) is 9.59 Å². The number of anilines is 1. The first-order valence-electron chi connectivity index (χ1n) is 5.76. The Labute approximate surface area is 104 Å². The van der Waals surface area contributed by atoms with Gasteiger partial charge in [-0.1, -0.05) is 5.16 Å². The maximum Gasteiger partial charge on any atom is 0.320 e. The molecule has 0 aliphatic carbocycles. The van der Waals surface area contributed by atoms with Gasteiger partial charge >= 0.3 is 5.97 Å². The van der Waals surface area contributed by atoms with E-state index >= 15 is 0 Å². The third kappa shape index (κ3) is 2.86. The number of carbonyl (C=O) groups excluding carboxylic acids is 1. The summed E-state index contributed by atoms with van der Waals surface area (Å²) in [4.78, 5) is 24.3. The number of hydrogen-bond acceptors (Lipinski definition) is 5. The van der Waals surface area contributed by atoms with Crippen LogP contribution in [0, 0.1) is 6.92 Å². The average molecular weight is 253 g/mol. The highest BCUT2D eigenvalue weighted by atomic mass is 16.5. The Hall–Kier alpha value is -1.89. The zero-order valence-electron chi connectivity index (χ0n) is 10.0. The van der Waals surface area contributed by atoms with E-state index in [9.17, 15) is 9.59 Å². The van der Waals surface area contributed by atoms with Crippen LogP contribution < -0.4 is 5.32 Å². The third-order valence-corrected chi connectivity index (χ3v) is 2.89. The maximum atomic E-state index is 11.7. The van der Waals surface area contributed by atoms with Crippen LogP contribution in [0.25, 0.3) is 0 Å². The van der Waals surface area contributed by atoms with Gasteiger partial charge in [-0.05, 0) is 26.3 Å². The van der Waals surface area contributed by atoms with E-state index in [1.54, 1.807) is 17.9 Å². The highest BCUT2D eigenvalue weighted by molar-refractivity contribution is 5.91. The second kappa shape index (κ2) is 5.18. The van der Waals surface area contributed by atoms with Crippen LogP contribution in [0.1, 0.15) is 18.6 Å². The van der Waals surface area contributed by atoms with E-state index in [1.807, 2.05) is 0 Å². The number of carbonyl (C=O) groups is 2. The Balaban J connectivity index is 1.89. The molecule has 1 aromatic heterocycles. The molecule has 0 saturated carbocycles. The zero-order chi connectivity index (χ0) is 13.1. The molecule has 2 rings (SSSR count). The van der Waals surface area contributed by atoms with Crippen molar-refractivity contribution in [1.29, 1.82) is 0 Å². The van der Waals surface area contributed by atoms with Crippen LogP contribution in [-0.4, -0.2) is 46.2 Å². The highest BCUT2D eigenvalue weighted by Crippen LogP contribution is 2.17. The van der Waals surface area contributed by atoms with Gasteiger partial charge in [-0.2, -0.15) is 0 Å². The van der Waals surface area contributed by atoms with E-state index in [1.165, 1.54) is 0 Å². The van der Waals surface area contributed by atoms with E-state index < -0.39 is 12.0 Å². The van der Waals surface area contributed by atoms with Crippen molar-refractivity contribution >= 4 is 17.7 Å². The van der Waals surface area contributed by atoms with E-state index in [0.717, 1.165) is 6.42 Å². The Bertz CT molecular complexity index is 457. The first kappa shape index (κ1) is 12.6. The van der Waals surface area contributed by atoms with Crippen molar-refractivity contribution in [2.75, 3.05) is 18.4 Å². The molecule has 0 aromatic carbocycles. The SMILES string of the molecule is Cc1cc(NC(=O)CN2CCCC2C(=O)O)no1. The normalized spacial score (nSPS) is 19.9. The molecule has 1 aliphatic rings. The first-order chi connectivity index (χ1) is 8.56. The number of hydrogen-bond donors (Lipinski definition) is 2. The van der Waals surface area contributed by atoms with Crippen molar-refractivity contribution in [1.82, 2.24) is 10.1 Å². The minimum absolute atomic E-state index is 0.0584. The summed E-state index contributed by atoms with van der Waals surface area (Å²) >= 11 is 0. The lowest BCUT2D eigenvalue weighted by atomic mass is 10.2.